The van der Waals surface area contributed by atoms with Crippen molar-refractivity contribution in [2.24, 2.45) is 0 Å². The number of anilines is 1. The second kappa shape index (κ2) is 9.30. The number of amides is 1. The minimum atomic E-state index is -0.239. The van der Waals surface area contributed by atoms with Gasteiger partial charge < -0.3 is 14.6 Å². The Morgan fingerprint density at radius 2 is 2.03 bits per heavy atom. The number of carbonyl (C=O) groups is 1. The Labute approximate surface area is 191 Å². The number of hydrogen-bond donors (Lipinski definition) is 1. The molecular weight excluding hydrogens is 416 g/mol. The number of aryl methyl sites for hydroxylation is 2. The first-order valence-corrected chi connectivity index (χ1v) is 11.0. The molecule has 8 heteroatoms. The molecule has 4 heterocycles. The Morgan fingerprint density at radius 1 is 1.12 bits per heavy atom. The Hall–Kier alpha value is -3.91. The zero-order chi connectivity index (χ0) is 22.6. The van der Waals surface area contributed by atoms with Gasteiger partial charge in [0.15, 0.2) is 5.82 Å². The van der Waals surface area contributed by atoms with Crippen LogP contribution in [0.15, 0.2) is 61.1 Å². The molecule has 2 bridgehead atoms. The number of aromatic nitrogens is 5. The van der Waals surface area contributed by atoms with Crippen LogP contribution in [0.2, 0.25) is 0 Å². The van der Waals surface area contributed by atoms with Crippen molar-refractivity contribution in [1.29, 1.82) is 0 Å². The molecule has 0 spiro atoms. The van der Waals surface area contributed by atoms with E-state index >= 15 is 0 Å². The molecule has 1 aromatic carbocycles. The molecule has 5 rings (SSSR count). The lowest BCUT2D eigenvalue weighted by Crippen LogP contribution is -2.17. The van der Waals surface area contributed by atoms with E-state index in [0.717, 1.165) is 35.2 Å². The van der Waals surface area contributed by atoms with E-state index in [1.54, 1.807) is 12.4 Å². The first-order valence-electron chi connectivity index (χ1n) is 11.0. The summed E-state index contributed by atoms with van der Waals surface area (Å²) in [5.74, 6) is 0.876. The number of hydrogen-bond acceptors (Lipinski definition) is 6. The molecule has 3 aromatic heterocycles. The number of pyridine rings is 2. The summed E-state index contributed by atoms with van der Waals surface area (Å²) in [6, 6.07) is 15.4. The number of rotatable bonds is 2. The molecule has 0 aliphatic carbocycles. The standard InChI is InChI=1S/C25H24N6O2/c1-2-20-10-9-18(14-26-20)17-7-8-19-15-33-12-4-11-31-16-27-30-24(31)22-5-3-6-23(28-22)29-25(32)21(19)13-17/h3,5-10,13-14,16H,2,4,11-12,15H2,1H3,(H,28,29,32). The van der Waals surface area contributed by atoms with Crippen LogP contribution in [0.4, 0.5) is 5.82 Å². The summed E-state index contributed by atoms with van der Waals surface area (Å²) in [7, 11) is 0. The van der Waals surface area contributed by atoms with E-state index in [9.17, 15) is 4.79 Å². The lowest BCUT2D eigenvalue weighted by molar-refractivity contribution is 0.1000. The van der Waals surface area contributed by atoms with E-state index in [1.165, 1.54) is 0 Å². The van der Waals surface area contributed by atoms with E-state index in [4.69, 9.17) is 4.74 Å². The van der Waals surface area contributed by atoms with Crippen LogP contribution in [-0.2, 0) is 24.3 Å². The average Bonchev–Trinajstić information content (AvgIpc) is 3.32. The third-order valence-corrected chi connectivity index (χ3v) is 5.66. The van der Waals surface area contributed by atoms with Crippen LogP contribution in [0, 0.1) is 0 Å². The van der Waals surface area contributed by atoms with Crippen LogP contribution >= 0.6 is 0 Å². The SMILES string of the molecule is CCc1ccc(-c2ccc3c(c2)C(=O)Nc2cccc(n2)-c2nncn2CCCOC3)cn1. The molecule has 4 aromatic rings. The van der Waals surface area contributed by atoms with Crippen molar-refractivity contribution < 1.29 is 9.53 Å². The van der Waals surface area contributed by atoms with Crippen molar-refractivity contribution in [3.63, 3.8) is 0 Å². The number of nitrogens with one attached hydrogen (secondary N) is 1. The molecule has 166 valence electrons. The van der Waals surface area contributed by atoms with Gasteiger partial charge in [-0.2, -0.15) is 0 Å². The highest BCUT2D eigenvalue weighted by atomic mass is 16.5. The summed E-state index contributed by atoms with van der Waals surface area (Å²) in [5, 5.41) is 11.2. The molecule has 0 atom stereocenters. The first-order chi connectivity index (χ1) is 16.2. The molecule has 8 nitrogen and oxygen atoms in total. The van der Waals surface area contributed by atoms with Gasteiger partial charge in [-0.05, 0) is 48.2 Å². The van der Waals surface area contributed by atoms with Crippen molar-refractivity contribution in [3.05, 3.63) is 77.9 Å². The van der Waals surface area contributed by atoms with Crippen LogP contribution in [0.3, 0.4) is 0 Å². The fourth-order valence-electron chi connectivity index (χ4n) is 3.85. The monoisotopic (exact) mass is 440 g/mol. The maximum atomic E-state index is 13.3. The van der Waals surface area contributed by atoms with Crippen LogP contribution < -0.4 is 5.32 Å². The number of fused-ring (bicyclic) bond motifs is 5. The molecule has 1 amide bonds. The summed E-state index contributed by atoms with van der Waals surface area (Å²) >= 11 is 0. The van der Waals surface area contributed by atoms with Gasteiger partial charge in [0.25, 0.3) is 5.91 Å². The molecule has 0 saturated heterocycles. The van der Waals surface area contributed by atoms with E-state index < -0.39 is 0 Å². The third kappa shape index (κ3) is 4.51. The number of benzene rings is 1. The summed E-state index contributed by atoms with van der Waals surface area (Å²) in [6.45, 7) is 3.69. The Kier molecular flexibility index (Phi) is 5.91. The molecule has 1 N–H and O–H groups in total. The molecular formula is C25H24N6O2. The highest BCUT2D eigenvalue weighted by molar-refractivity contribution is 6.05. The predicted octanol–water partition coefficient (Wildman–Crippen LogP) is 4.14. The average molecular weight is 441 g/mol. The molecule has 0 unspecified atom stereocenters. The number of nitrogens with zero attached hydrogens (tertiary/aromatic N) is 5. The van der Waals surface area contributed by atoms with Crippen molar-refractivity contribution >= 4 is 11.7 Å². The molecule has 0 fully saturated rings. The first kappa shape index (κ1) is 21.0. The molecule has 33 heavy (non-hydrogen) atoms. The maximum absolute atomic E-state index is 13.3. The van der Waals surface area contributed by atoms with E-state index in [1.807, 2.05) is 53.2 Å². The summed E-state index contributed by atoms with van der Waals surface area (Å²) in [6.07, 6.45) is 5.21. The number of ether oxygens (including phenoxy) is 1. The van der Waals surface area contributed by atoms with E-state index in [0.29, 0.717) is 42.7 Å². The van der Waals surface area contributed by atoms with Gasteiger partial charge in [-0.3, -0.25) is 9.78 Å². The van der Waals surface area contributed by atoms with Gasteiger partial charge in [0.1, 0.15) is 17.8 Å². The van der Waals surface area contributed by atoms with Gasteiger partial charge in [0.05, 0.1) is 6.61 Å². The van der Waals surface area contributed by atoms with Crippen molar-refractivity contribution in [1.82, 2.24) is 24.7 Å². The lowest BCUT2D eigenvalue weighted by atomic mass is 9.99. The van der Waals surface area contributed by atoms with Crippen molar-refractivity contribution in [2.75, 3.05) is 11.9 Å². The van der Waals surface area contributed by atoms with E-state index in [2.05, 4.69) is 32.4 Å². The van der Waals surface area contributed by atoms with Gasteiger partial charge in [-0.1, -0.05) is 31.2 Å². The Bertz CT molecular complexity index is 1280. The molecule has 0 radical (unpaired) electrons. The second-order valence-corrected chi connectivity index (χ2v) is 7.88. The maximum Gasteiger partial charge on any atom is 0.257 e. The summed E-state index contributed by atoms with van der Waals surface area (Å²) < 4.78 is 7.85. The predicted molar refractivity (Wildman–Crippen MR) is 125 cm³/mol. The normalized spacial score (nSPS) is 14.0. The zero-order valence-electron chi connectivity index (χ0n) is 18.4. The molecule has 1 aliphatic heterocycles. The van der Waals surface area contributed by atoms with Crippen molar-refractivity contribution in [2.45, 2.75) is 32.9 Å². The summed E-state index contributed by atoms with van der Waals surface area (Å²) in [5.41, 5.74) is 4.95. The summed E-state index contributed by atoms with van der Waals surface area (Å²) in [4.78, 5) is 22.4. The number of carbonyl (C=O) groups excluding carboxylic acids is 1. The molecule has 0 saturated carbocycles. The second-order valence-electron chi connectivity index (χ2n) is 7.88. The van der Waals surface area contributed by atoms with Crippen LogP contribution in [0.1, 0.15) is 35.0 Å². The van der Waals surface area contributed by atoms with E-state index in [-0.39, 0.29) is 5.91 Å². The Morgan fingerprint density at radius 3 is 2.88 bits per heavy atom. The van der Waals surface area contributed by atoms with Crippen LogP contribution in [0.25, 0.3) is 22.6 Å². The third-order valence-electron chi connectivity index (χ3n) is 5.66. The van der Waals surface area contributed by atoms with Gasteiger partial charge in [0.2, 0.25) is 0 Å². The topological polar surface area (TPSA) is 94.8 Å². The van der Waals surface area contributed by atoms with Gasteiger partial charge in [0, 0.05) is 36.2 Å². The fraction of sp³-hybridized carbons (Fsp3) is 0.240. The smallest absolute Gasteiger partial charge is 0.257 e. The Balaban J connectivity index is 1.52. The minimum Gasteiger partial charge on any atom is -0.377 e. The minimum absolute atomic E-state index is 0.239. The van der Waals surface area contributed by atoms with Crippen LogP contribution in [-0.4, -0.2) is 37.2 Å². The highest BCUT2D eigenvalue weighted by Gasteiger charge is 2.17. The quantitative estimate of drug-likeness (QED) is 0.503. The van der Waals surface area contributed by atoms with Gasteiger partial charge >= 0.3 is 0 Å². The molecule has 1 aliphatic rings. The largest absolute Gasteiger partial charge is 0.377 e. The van der Waals surface area contributed by atoms with Crippen molar-refractivity contribution in [3.8, 4) is 22.6 Å². The fourth-order valence-corrected chi connectivity index (χ4v) is 3.85. The van der Waals surface area contributed by atoms with Gasteiger partial charge in [-0.25, -0.2) is 4.98 Å². The van der Waals surface area contributed by atoms with Crippen LogP contribution in [0.5, 0.6) is 0 Å². The zero-order valence-corrected chi connectivity index (χ0v) is 18.4. The lowest BCUT2D eigenvalue weighted by Gasteiger charge is -2.14. The van der Waals surface area contributed by atoms with Gasteiger partial charge in [-0.15, -0.1) is 10.2 Å². The highest BCUT2D eigenvalue weighted by Crippen LogP contribution is 2.25.